The third-order valence-electron chi connectivity index (χ3n) is 5.26. The Morgan fingerprint density at radius 1 is 0.848 bits per heavy atom. The molecular formula is C24H15ClN2O5S. The van der Waals surface area contributed by atoms with Crippen molar-refractivity contribution in [3.8, 4) is 0 Å². The standard InChI is InChI=1S/C24H15ClN2O5S/c25-14-9-10-20-18(11-14)27(17-7-3-4-8-19(17)33-20)21(28)13-32-22(29)12-26-23(30)15-5-1-2-6-16(15)24(26)31/h1-11H,12-13H2. The summed E-state index contributed by atoms with van der Waals surface area (Å²) in [5, 5.41) is 0.467. The van der Waals surface area contributed by atoms with Crippen LogP contribution < -0.4 is 4.90 Å². The number of esters is 1. The number of carbonyl (C=O) groups is 4. The maximum Gasteiger partial charge on any atom is 0.326 e. The largest absolute Gasteiger partial charge is 0.454 e. The van der Waals surface area contributed by atoms with E-state index in [0.717, 1.165) is 14.7 Å². The van der Waals surface area contributed by atoms with Gasteiger partial charge in [-0.05, 0) is 42.5 Å². The van der Waals surface area contributed by atoms with Crippen LogP contribution in [0.5, 0.6) is 0 Å². The van der Waals surface area contributed by atoms with Crippen molar-refractivity contribution in [3.05, 3.63) is 82.9 Å². The molecule has 3 amide bonds. The Bertz CT molecular complexity index is 1310. The molecule has 3 aromatic carbocycles. The number of benzene rings is 3. The second-order valence-electron chi connectivity index (χ2n) is 7.31. The molecule has 2 aliphatic rings. The predicted molar refractivity (Wildman–Crippen MR) is 122 cm³/mol. The summed E-state index contributed by atoms with van der Waals surface area (Å²) < 4.78 is 5.16. The fourth-order valence-corrected chi connectivity index (χ4v) is 4.97. The number of carbonyl (C=O) groups excluding carboxylic acids is 4. The van der Waals surface area contributed by atoms with Crippen LogP contribution in [-0.2, 0) is 14.3 Å². The zero-order valence-electron chi connectivity index (χ0n) is 17.0. The van der Waals surface area contributed by atoms with Crippen molar-refractivity contribution in [3.63, 3.8) is 0 Å². The van der Waals surface area contributed by atoms with Crippen LogP contribution in [0.15, 0.2) is 76.5 Å². The number of anilines is 2. The summed E-state index contributed by atoms with van der Waals surface area (Å²) in [4.78, 5) is 54.4. The topological polar surface area (TPSA) is 84.0 Å². The molecular weight excluding hydrogens is 464 g/mol. The fraction of sp³-hybridized carbons (Fsp3) is 0.0833. The molecule has 0 radical (unpaired) electrons. The second kappa shape index (κ2) is 8.38. The Kier molecular flexibility index (Phi) is 5.39. The van der Waals surface area contributed by atoms with Crippen molar-refractivity contribution in [1.82, 2.24) is 4.90 Å². The van der Waals surface area contributed by atoms with Crippen LogP contribution in [0.1, 0.15) is 20.7 Å². The van der Waals surface area contributed by atoms with Crippen LogP contribution >= 0.6 is 23.4 Å². The van der Waals surface area contributed by atoms with Gasteiger partial charge in [0, 0.05) is 14.8 Å². The molecule has 7 nitrogen and oxygen atoms in total. The zero-order chi connectivity index (χ0) is 23.1. The fourth-order valence-electron chi connectivity index (χ4n) is 3.76. The number of fused-ring (bicyclic) bond motifs is 3. The number of hydrogen-bond acceptors (Lipinski definition) is 6. The average Bonchev–Trinajstić information content (AvgIpc) is 3.06. The van der Waals surface area contributed by atoms with Gasteiger partial charge in [0.2, 0.25) is 0 Å². The minimum absolute atomic E-state index is 0.238. The second-order valence-corrected chi connectivity index (χ2v) is 8.83. The number of rotatable bonds is 4. The smallest absolute Gasteiger partial charge is 0.326 e. The molecule has 0 saturated heterocycles. The molecule has 0 aromatic heterocycles. The van der Waals surface area contributed by atoms with Gasteiger partial charge in [0.1, 0.15) is 6.54 Å². The van der Waals surface area contributed by atoms with Crippen molar-refractivity contribution in [2.24, 2.45) is 0 Å². The molecule has 2 heterocycles. The Morgan fingerprint density at radius 3 is 2.21 bits per heavy atom. The van der Waals surface area contributed by atoms with E-state index in [1.54, 1.807) is 30.3 Å². The summed E-state index contributed by atoms with van der Waals surface area (Å²) in [5.41, 5.74) is 1.72. The minimum atomic E-state index is -0.858. The molecule has 0 atom stereocenters. The van der Waals surface area contributed by atoms with Crippen LogP contribution in [0.2, 0.25) is 5.02 Å². The summed E-state index contributed by atoms with van der Waals surface area (Å²) in [6.07, 6.45) is 0. The van der Waals surface area contributed by atoms with Gasteiger partial charge in [-0.1, -0.05) is 47.6 Å². The van der Waals surface area contributed by atoms with Crippen molar-refractivity contribution < 1.29 is 23.9 Å². The van der Waals surface area contributed by atoms with E-state index < -0.39 is 36.8 Å². The van der Waals surface area contributed by atoms with E-state index in [0.29, 0.717) is 16.4 Å². The molecule has 2 aliphatic heterocycles. The molecule has 164 valence electrons. The number of amides is 3. The summed E-state index contributed by atoms with van der Waals surface area (Å²) in [6, 6.07) is 19.0. The number of para-hydroxylation sites is 1. The lowest BCUT2D eigenvalue weighted by atomic mass is 10.1. The lowest BCUT2D eigenvalue weighted by Crippen LogP contribution is -2.38. The van der Waals surface area contributed by atoms with Crippen LogP contribution in [0.4, 0.5) is 11.4 Å². The first kappa shape index (κ1) is 21.2. The SMILES string of the molecule is O=C(CN1C(=O)c2ccccc2C1=O)OCC(=O)N1c2ccccc2Sc2ccc(Cl)cc21. The summed E-state index contributed by atoms with van der Waals surface area (Å²) >= 11 is 7.67. The van der Waals surface area contributed by atoms with E-state index in [2.05, 4.69) is 0 Å². The molecule has 0 bridgehead atoms. The van der Waals surface area contributed by atoms with Gasteiger partial charge in [-0.2, -0.15) is 0 Å². The molecule has 0 unspecified atom stereocenters. The van der Waals surface area contributed by atoms with Gasteiger partial charge in [0.15, 0.2) is 6.61 Å². The molecule has 9 heteroatoms. The highest BCUT2D eigenvalue weighted by Gasteiger charge is 2.37. The number of imide groups is 1. The van der Waals surface area contributed by atoms with E-state index in [-0.39, 0.29) is 11.1 Å². The average molecular weight is 479 g/mol. The van der Waals surface area contributed by atoms with E-state index in [9.17, 15) is 19.2 Å². The van der Waals surface area contributed by atoms with E-state index in [1.807, 2.05) is 24.3 Å². The first-order chi connectivity index (χ1) is 15.9. The number of nitrogens with zero attached hydrogens (tertiary/aromatic N) is 2. The quantitative estimate of drug-likeness (QED) is 0.410. The molecule has 0 fully saturated rings. The minimum Gasteiger partial charge on any atom is -0.454 e. The van der Waals surface area contributed by atoms with Crippen LogP contribution in [0.25, 0.3) is 0 Å². The first-order valence-electron chi connectivity index (χ1n) is 9.94. The first-order valence-corrected chi connectivity index (χ1v) is 11.1. The number of halogens is 1. The Hall–Kier alpha value is -3.62. The molecule has 0 spiro atoms. The third-order valence-corrected chi connectivity index (χ3v) is 6.62. The molecule has 0 N–H and O–H groups in total. The highest BCUT2D eigenvalue weighted by Crippen LogP contribution is 2.48. The van der Waals surface area contributed by atoms with Gasteiger partial charge >= 0.3 is 5.97 Å². The number of ether oxygens (including phenoxy) is 1. The Morgan fingerprint density at radius 2 is 1.48 bits per heavy atom. The van der Waals surface area contributed by atoms with E-state index in [4.69, 9.17) is 16.3 Å². The van der Waals surface area contributed by atoms with E-state index >= 15 is 0 Å². The van der Waals surface area contributed by atoms with E-state index in [1.165, 1.54) is 28.8 Å². The molecule has 3 aromatic rings. The van der Waals surface area contributed by atoms with Gasteiger partial charge in [-0.15, -0.1) is 0 Å². The van der Waals surface area contributed by atoms with Gasteiger partial charge in [0.25, 0.3) is 17.7 Å². The lowest BCUT2D eigenvalue weighted by molar-refractivity contribution is -0.147. The normalized spacial score (nSPS) is 14.0. The Labute approximate surface area is 197 Å². The number of hydrogen-bond donors (Lipinski definition) is 0. The van der Waals surface area contributed by atoms with Crippen molar-refractivity contribution in [2.75, 3.05) is 18.1 Å². The highest BCUT2D eigenvalue weighted by molar-refractivity contribution is 7.99. The maximum absolute atomic E-state index is 13.1. The molecule has 0 aliphatic carbocycles. The van der Waals surface area contributed by atoms with Crippen molar-refractivity contribution >= 4 is 58.4 Å². The monoisotopic (exact) mass is 478 g/mol. The summed E-state index contributed by atoms with van der Waals surface area (Å²) in [6.45, 7) is -1.14. The van der Waals surface area contributed by atoms with Gasteiger partial charge in [-0.25, -0.2) is 0 Å². The van der Waals surface area contributed by atoms with Crippen LogP contribution in [0.3, 0.4) is 0 Å². The van der Waals surface area contributed by atoms with Gasteiger partial charge in [0.05, 0.1) is 22.5 Å². The third kappa shape index (κ3) is 3.77. The van der Waals surface area contributed by atoms with Crippen molar-refractivity contribution in [1.29, 1.82) is 0 Å². The predicted octanol–water partition coefficient (Wildman–Crippen LogP) is 4.31. The summed E-state index contributed by atoms with van der Waals surface area (Å²) in [7, 11) is 0. The molecule has 33 heavy (non-hydrogen) atoms. The summed E-state index contributed by atoms with van der Waals surface area (Å²) in [5.74, 6) is -2.47. The molecule has 5 rings (SSSR count). The molecule has 0 saturated carbocycles. The maximum atomic E-state index is 13.1. The zero-order valence-corrected chi connectivity index (χ0v) is 18.6. The van der Waals surface area contributed by atoms with Crippen molar-refractivity contribution in [2.45, 2.75) is 9.79 Å². The van der Waals surface area contributed by atoms with Crippen LogP contribution in [-0.4, -0.2) is 41.7 Å². The van der Waals surface area contributed by atoms with Gasteiger partial charge in [-0.3, -0.25) is 29.0 Å². The van der Waals surface area contributed by atoms with Gasteiger partial charge < -0.3 is 4.74 Å². The highest BCUT2D eigenvalue weighted by atomic mass is 35.5. The Balaban J connectivity index is 1.31. The van der Waals surface area contributed by atoms with Crippen LogP contribution in [0, 0.1) is 0 Å². The lowest BCUT2D eigenvalue weighted by Gasteiger charge is -2.31.